The van der Waals surface area contributed by atoms with E-state index in [1.54, 1.807) is 6.20 Å². The minimum Gasteiger partial charge on any atom is -0.501 e. The summed E-state index contributed by atoms with van der Waals surface area (Å²) in [5.74, 6) is 1.01. The van der Waals surface area contributed by atoms with Gasteiger partial charge in [0.2, 0.25) is 0 Å². The molecule has 0 saturated carbocycles. The van der Waals surface area contributed by atoms with E-state index in [4.69, 9.17) is 9.40 Å². The van der Waals surface area contributed by atoms with Gasteiger partial charge in [0.05, 0.1) is 22.4 Å². The first-order valence-corrected chi connectivity index (χ1v) is 12.6. The van der Waals surface area contributed by atoms with Gasteiger partial charge in [-0.1, -0.05) is 53.4 Å². The van der Waals surface area contributed by atoms with Gasteiger partial charge in [0.15, 0.2) is 0 Å². The van der Waals surface area contributed by atoms with Crippen LogP contribution in [0.5, 0.6) is 0 Å². The van der Waals surface area contributed by atoms with Crippen LogP contribution in [0.3, 0.4) is 0 Å². The number of hydrogen-bond donors (Lipinski definition) is 0. The standard InChI is InChI=1S/C17H13N2.C17H10NO.Ir/c1-12-10-14-8-5-9-19-16(14)15(11-12)18-17(19)13-6-3-2-4-7-13;1-2-10-16-12(6-1)13-7-5-8-14(17(13)19-16)15-9-3-4-11-18-15;/h2-6,8,10-11H,9H2,1H3;1-7,9-11H;/q2*-1;. The number of aromatic nitrogens is 3. The summed E-state index contributed by atoms with van der Waals surface area (Å²) in [6.07, 6.45) is 6.16. The van der Waals surface area contributed by atoms with Crippen molar-refractivity contribution in [3.8, 4) is 22.6 Å². The molecule has 0 aliphatic carbocycles. The van der Waals surface area contributed by atoms with Crippen molar-refractivity contribution in [3.63, 3.8) is 0 Å². The summed E-state index contributed by atoms with van der Waals surface area (Å²) < 4.78 is 8.24. The fraction of sp³-hybridized carbons (Fsp3) is 0.0588. The Morgan fingerprint density at radius 1 is 0.872 bits per heavy atom. The SMILES string of the molecule is Cc1cc2c3c(c1)nc(-c1[c-]cccc1)n3CC=C2.[Ir].[c-]1ccc2c(oc3ccccc32)c1-c1ccccn1. The van der Waals surface area contributed by atoms with E-state index in [0.717, 1.165) is 56.6 Å². The second kappa shape index (κ2) is 10.5. The summed E-state index contributed by atoms with van der Waals surface area (Å²) in [6, 6.07) is 36.8. The first-order chi connectivity index (χ1) is 18.8. The zero-order valence-electron chi connectivity index (χ0n) is 21.2. The van der Waals surface area contributed by atoms with Gasteiger partial charge in [0, 0.05) is 38.2 Å². The maximum atomic E-state index is 5.97. The number of hydrogen-bond acceptors (Lipinski definition) is 3. The Bertz CT molecular complexity index is 1950. The first-order valence-electron chi connectivity index (χ1n) is 12.6. The van der Waals surface area contributed by atoms with Gasteiger partial charge in [-0.2, -0.15) is 0 Å². The molecular weight excluding hydrogens is 659 g/mol. The molecule has 4 aromatic carbocycles. The average molecular weight is 682 g/mol. The second-order valence-electron chi connectivity index (χ2n) is 9.36. The molecule has 0 amide bonds. The van der Waals surface area contributed by atoms with E-state index < -0.39 is 0 Å². The first kappa shape index (κ1) is 25.0. The van der Waals surface area contributed by atoms with E-state index in [2.05, 4.69) is 65.0 Å². The quantitative estimate of drug-likeness (QED) is 0.173. The molecule has 0 saturated heterocycles. The Hall–Kier alpha value is -4.31. The van der Waals surface area contributed by atoms with E-state index in [9.17, 15) is 0 Å². The van der Waals surface area contributed by atoms with Crippen LogP contribution in [0.1, 0.15) is 11.1 Å². The van der Waals surface area contributed by atoms with Crippen molar-refractivity contribution in [2.45, 2.75) is 13.5 Å². The molecule has 1 radical (unpaired) electrons. The molecule has 3 aromatic heterocycles. The number of benzene rings is 4. The third-order valence-electron chi connectivity index (χ3n) is 6.81. The summed E-state index contributed by atoms with van der Waals surface area (Å²) in [5, 5.41) is 2.23. The van der Waals surface area contributed by atoms with Gasteiger partial charge in [-0.05, 0) is 48.0 Å². The molecule has 0 spiro atoms. The molecule has 1 aliphatic heterocycles. The van der Waals surface area contributed by atoms with Crippen molar-refractivity contribution in [1.82, 2.24) is 14.5 Å². The van der Waals surface area contributed by atoms with Crippen molar-refractivity contribution in [2.24, 2.45) is 0 Å². The van der Waals surface area contributed by atoms with Gasteiger partial charge in [-0.3, -0.25) is 4.98 Å². The van der Waals surface area contributed by atoms with Crippen molar-refractivity contribution >= 4 is 39.0 Å². The Balaban J connectivity index is 0.000000138. The van der Waals surface area contributed by atoms with Gasteiger partial charge in [-0.25, -0.2) is 0 Å². The predicted octanol–water partition coefficient (Wildman–Crippen LogP) is 8.28. The molecule has 0 N–H and O–H groups in total. The second-order valence-corrected chi connectivity index (χ2v) is 9.36. The van der Waals surface area contributed by atoms with Crippen LogP contribution in [0, 0.1) is 19.1 Å². The van der Waals surface area contributed by atoms with E-state index in [0.29, 0.717) is 0 Å². The van der Waals surface area contributed by atoms with Gasteiger partial charge >= 0.3 is 0 Å². The number of pyridine rings is 1. The molecular formula is C34H23IrN3O-2. The number of imidazole rings is 1. The molecule has 4 heterocycles. The minimum absolute atomic E-state index is 0. The molecule has 5 heteroatoms. The molecule has 4 nitrogen and oxygen atoms in total. The van der Waals surface area contributed by atoms with Crippen LogP contribution in [0.25, 0.3) is 61.7 Å². The van der Waals surface area contributed by atoms with Crippen LogP contribution in [0.2, 0.25) is 0 Å². The Morgan fingerprint density at radius 2 is 1.74 bits per heavy atom. The monoisotopic (exact) mass is 682 g/mol. The molecule has 191 valence electrons. The van der Waals surface area contributed by atoms with Gasteiger partial charge < -0.3 is 14.0 Å². The maximum absolute atomic E-state index is 5.97. The van der Waals surface area contributed by atoms with Gasteiger partial charge in [0.1, 0.15) is 5.58 Å². The van der Waals surface area contributed by atoms with Crippen molar-refractivity contribution in [1.29, 1.82) is 0 Å². The van der Waals surface area contributed by atoms with E-state index in [-0.39, 0.29) is 20.1 Å². The third-order valence-corrected chi connectivity index (χ3v) is 6.81. The molecule has 8 rings (SSSR count). The predicted molar refractivity (Wildman–Crippen MR) is 154 cm³/mol. The summed E-state index contributed by atoms with van der Waals surface area (Å²) in [5.41, 5.74) is 9.42. The number of para-hydroxylation sites is 1. The van der Waals surface area contributed by atoms with Crippen LogP contribution >= 0.6 is 0 Å². The molecule has 1 aliphatic rings. The van der Waals surface area contributed by atoms with Crippen molar-refractivity contribution < 1.29 is 24.5 Å². The fourth-order valence-corrected chi connectivity index (χ4v) is 5.17. The largest absolute Gasteiger partial charge is 0.501 e. The van der Waals surface area contributed by atoms with Crippen molar-refractivity contribution in [3.05, 3.63) is 127 Å². The van der Waals surface area contributed by atoms with E-state index in [1.807, 2.05) is 66.7 Å². The smallest absolute Gasteiger partial charge is 0.120 e. The summed E-state index contributed by atoms with van der Waals surface area (Å²) >= 11 is 0. The number of rotatable bonds is 2. The Labute approximate surface area is 240 Å². The normalized spacial score (nSPS) is 11.8. The number of aryl methyl sites for hydroxylation is 1. The number of furan rings is 1. The number of nitrogens with zero attached hydrogens (tertiary/aromatic N) is 3. The van der Waals surface area contributed by atoms with Crippen LogP contribution in [0.4, 0.5) is 0 Å². The Kier molecular flexibility index (Phi) is 6.70. The zero-order valence-corrected chi connectivity index (χ0v) is 23.6. The third kappa shape index (κ3) is 4.50. The van der Waals surface area contributed by atoms with Crippen molar-refractivity contribution in [2.75, 3.05) is 0 Å². The molecule has 0 unspecified atom stereocenters. The summed E-state index contributed by atoms with van der Waals surface area (Å²) in [4.78, 5) is 9.19. The topological polar surface area (TPSA) is 43.9 Å². The molecule has 0 fully saturated rings. The van der Waals surface area contributed by atoms with E-state index in [1.165, 1.54) is 16.6 Å². The number of allylic oxidation sites excluding steroid dienone is 1. The average Bonchev–Trinajstić information content (AvgIpc) is 3.54. The number of fused-ring (bicyclic) bond motifs is 3. The fourth-order valence-electron chi connectivity index (χ4n) is 5.17. The summed E-state index contributed by atoms with van der Waals surface area (Å²) in [7, 11) is 0. The van der Waals surface area contributed by atoms with E-state index >= 15 is 0 Å². The maximum Gasteiger partial charge on any atom is 0.120 e. The van der Waals surface area contributed by atoms with Gasteiger partial charge in [-0.15, -0.1) is 54.1 Å². The Morgan fingerprint density at radius 3 is 2.59 bits per heavy atom. The van der Waals surface area contributed by atoms with Crippen LogP contribution in [0.15, 0.2) is 108 Å². The van der Waals surface area contributed by atoms with Crippen LogP contribution in [-0.2, 0) is 26.7 Å². The molecule has 39 heavy (non-hydrogen) atoms. The van der Waals surface area contributed by atoms with Crippen LogP contribution < -0.4 is 0 Å². The van der Waals surface area contributed by atoms with Gasteiger partial charge in [0.25, 0.3) is 0 Å². The summed E-state index contributed by atoms with van der Waals surface area (Å²) in [6.45, 7) is 3.00. The minimum atomic E-state index is 0. The molecule has 0 atom stereocenters. The molecule has 7 aromatic rings. The van der Waals surface area contributed by atoms with Crippen LogP contribution in [-0.4, -0.2) is 14.5 Å². The zero-order chi connectivity index (χ0) is 25.5. The molecule has 0 bridgehead atoms.